The van der Waals surface area contributed by atoms with Crippen molar-refractivity contribution >= 4 is 17.9 Å². The summed E-state index contributed by atoms with van der Waals surface area (Å²) in [5, 5.41) is 12.9. The number of amides is 1. The van der Waals surface area contributed by atoms with E-state index in [4.69, 9.17) is 14.4 Å². The van der Waals surface area contributed by atoms with Crippen LogP contribution in [0.25, 0.3) is 11.4 Å². The molecular formula is C17H20FN3O4S. The average molecular weight is 381 g/mol. The van der Waals surface area contributed by atoms with Gasteiger partial charge in [0.25, 0.3) is 5.89 Å². The molecule has 0 bridgehead atoms. The second-order valence-electron chi connectivity index (χ2n) is 6.05. The highest BCUT2D eigenvalue weighted by atomic mass is 32.2. The van der Waals surface area contributed by atoms with E-state index in [2.05, 4.69) is 10.1 Å². The quantitative estimate of drug-likeness (QED) is 0.788. The van der Waals surface area contributed by atoms with Crippen molar-refractivity contribution in [2.75, 3.05) is 19.3 Å². The monoisotopic (exact) mass is 381 g/mol. The maximum Gasteiger partial charge on any atom is 0.407 e. The first-order chi connectivity index (χ1) is 12.5. The Labute approximate surface area is 154 Å². The molecule has 140 valence electrons. The van der Waals surface area contributed by atoms with Crippen LogP contribution in [0, 0.1) is 5.82 Å². The predicted molar refractivity (Wildman–Crippen MR) is 93.6 cm³/mol. The number of hydrogen-bond acceptors (Lipinski definition) is 6. The lowest BCUT2D eigenvalue weighted by Crippen LogP contribution is -2.40. The molecule has 1 atom stereocenters. The van der Waals surface area contributed by atoms with Crippen molar-refractivity contribution in [1.29, 1.82) is 0 Å². The van der Waals surface area contributed by atoms with Crippen molar-refractivity contribution in [1.82, 2.24) is 15.0 Å². The number of nitrogens with zero attached hydrogens (tertiary/aromatic N) is 3. The Bertz CT molecular complexity index is 777. The standard InChI is InChI=1S/C17H20FN3O4S/c1-10(24-12-5-7-21(8-6-12)17(22)23)16-19-15(20-25-16)11-3-4-14(26-2)13(18)9-11/h3-4,9-10,12H,5-8H2,1-2H3,(H,22,23)/t10-/m0/s1. The molecule has 1 aliphatic rings. The minimum atomic E-state index is -0.905. The van der Waals surface area contributed by atoms with Crippen molar-refractivity contribution in [2.45, 2.75) is 36.9 Å². The summed E-state index contributed by atoms with van der Waals surface area (Å²) in [6.45, 7) is 2.70. The first-order valence-electron chi connectivity index (χ1n) is 8.28. The van der Waals surface area contributed by atoms with Crippen LogP contribution in [0.4, 0.5) is 9.18 Å². The zero-order valence-electron chi connectivity index (χ0n) is 14.5. The highest BCUT2D eigenvalue weighted by Crippen LogP contribution is 2.27. The van der Waals surface area contributed by atoms with E-state index >= 15 is 0 Å². The van der Waals surface area contributed by atoms with Gasteiger partial charge in [-0.15, -0.1) is 11.8 Å². The third-order valence-electron chi connectivity index (χ3n) is 4.31. The molecule has 1 fully saturated rings. The molecule has 9 heteroatoms. The third-order valence-corrected chi connectivity index (χ3v) is 5.08. The smallest absolute Gasteiger partial charge is 0.407 e. The van der Waals surface area contributed by atoms with Crippen molar-refractivity contribution in [3.63, 3.8) is 0 Å². The van der Waals surface area contributed by atoms with Gasteiger partial charge in [-0.3, -0.25) is 0 Å². The number of carbonyl (C=O) groups is 1. The van der Waals surface area contributed by atoms with Gasteiger partial charge in [0.15, 0.2) is 0 Å². The molecular weight excluding hydrogens is 361 g/mol. The van der Waals surface area contributed by atoms with Crippen LogP contribution < -0.4 is 0 Å². The number of piperidine rings is 1. The van der Waals surface area contributed by atoms with Crippen LogP contribution in [0.1, 0.15) is 31.8 Å². The number of rotatable bonds is 5. The summed E-state index contributed by atoms with van der Waals surface area (Å²) < 4.78 is 25.1. The van der Waals surface area contributed by atoms with Gasteiger partial charge in [0.2, 0.25) is 5.82 Å². The van der Waals surface area contributed by atoms with Gasteiger partial charge in [0.1, 0.15) is 11.9 Å². The van der Waals surface area contributed by atoms with Crippen LogP contribution in [0.5, 0.6) is 0 Å². The van der Waals surface area contributed by atoms with Gasteiger partial charge in [-0.05, 0) is 44.2 Å². The molecule has 1 aromatic carbocycles. The normalized spacial score (nSPS) is 16.7. The van der Waals surface area contributed by atoms with Gasteiger partial charge in [0.05, 0.1) is 6.10 Å². The fourth-order valence-electron chi connectivity index (χ4n) is 2.85. The molecule has 7 nitrogen and oxygen atoms in total. The Hall–Kier alpha value is -2.13. The Balaban J connectivity index is 1.62. The number of likely N-dealkylation sites (tertiary alicyclic amines) is 1. The number of hydrogen-bond donors (Lipinski definition) is 1. The molecule has 3 rings (SSSR count). The molecule has 1 amide bonds. The highest BCUT2D eigenvalue weighted by molar-refractivity contribution is 7.98. The van der Waals surface area contributed by atoms with E-state index in [0.29, 0.717) is 48.1 Å². The maximum absolute atomic E-state index is 13.9. The fraction of sp³-hybridized carbons (Fsp3) is 0.471. The topological polar surface area (TPSA) is 88.7 Å². The Morgan fingerprint density at radius 1 is 1.46 bits per heavy atom. The van der Waals surface area contributed by atoms with E-state index in [1.165, 1.54) is 22.7 Å². The van der Waals surface area contributed by atoms with Gasteiger partial charge >= 0.3 is 6.09 Å². The summed E-state index contributed by atoms with van der Waals surface area (Å²) in [4.78, 5) is 17.2. The molecule has 2 aromatic rings. The summed E-state index contributed by atoms with van der Waals surface area (Å²) in [6.07, 6.45) is 1.67. The van der Waals surface area contributed by atoms with Gasteiger partial charge in [-0.2, -0.15) is 4.98 Å². The first kappa shape index (κ1) is 18.7. The molecule has 1 saturated heterocycles. The number of halogens is 1. The van der Waals surface area contributed by atoms with Gasteiger partial charge < -0.3 is 19.3 Å². The summed E-state index contributed by atoms with van der Waals surface area (Å²) in [5.41, 5.74) is 0.539. The molecule has 0 saturated carbocycles. The molecule has 1 aliphatic heterocycles. The SMILES string of the molecule is CSc1ccc(-c2noc([C@H](C)OC3CCN(C(=O)O)CC3)n2)cc1F. The van der Waals surface area contributed by atoms with Gasteiger partial charge in [-0.1, -0.05) is 5.16 Å². The lowest BCUT2D eigenvalue weighted by molar-refractivity contribution is -0.0451. The number of carboxylic acid groups (broad SMARTS) is 1. The van der Waals surface area contributed by atoms with Crippen LogP contribution in [0.3, 0.4) is 0 Å². The average Bonchev–Trinajstić information content (AvgIpc) is 3.12. The number of benzene rings is 1. The molecule has 1 aromatic heterocycles. The highest BCUT2D eigenvalue weighted by Gasteiger charge is 2.26. The van der Waals surface area contributed by atoms with Crippen LogP contribution >= 0.6 is 11.8 Å². The lowest BCUT2D eigenvalue weighted by Gasteiger charge is -2.30. The van der Waals surface area contributed by atoms with E-state index in [-0.39, 0.29) is 11.9 Å². The molecule has 2 heterocycles. The largest absolute Gasteiger partial charge is 0.465 e. The number of thioether (sulfide) groups is 1. The second kappa shape index (κ2) is 8.05. The van der Waals surface area contributed by atoms with Crippen LogP contribution in [-0.2, 0) is 4.74 Å². The van der Waals surface area contributed by atoms with Crippen molar-refractivity contribution in [3.8, 4) is 11.4 Å². The van der Waals surface area contributed by atoms with Crippen molar-refractivity contribution in [2.24, 2.45) is 0 Å². The van der Waals surface area contributed by atoms with E-state index in [9.17, 15) is 9.18 Å². The van der Waals surface area contributed by atoms with E-state index in [1.54, 1.807) is 19.1 Å². The molecule has 0 aliphatic carbocycles. The van der Waals surface area contributed by atoms with Crippen LogP contribution in [0.2, 0.25) is 0 Å². The fourth-order valence-corrected chi connectivity index (χ4v) is 3.31. The van der Waals surface area contributed by atoms with E-state index in [1.807, 2.05) is 6.26 Å². The molecule has 0 spiro atoms. The second-order valence-corrected chi connectivity index (χ2v) is 6.90. The predicted octanol–water partition coefficient (Wildman–Crippen LogP) is 3.82. The molecule has 26 heavy (non-hydrogen) atoms. The van der Waals surface area contributed by atoms with E-state index < -0.39 is 12.2 Å². The van der Waals surface area contributed by atoms with Gasteiger partial charge in [-0.25, -0.2) is 9.18 Å². The van der Waals surface area contributed by atoms with E-state index in [0.717, 1.165) is 0 Å². The maximum atomic E-state index is 13.9. The Morgan fingerprint density at radius 3 is 2.81 bits per heavy atom. The lowest BCUT2D eigenvalue weighted by atomic mass is 10.1. The summed E-state index contributed by atoms with van der Waals surface area (Å²) in [7, 11) is 0. The summed E-state index contributed by atoms with van der Waals surface area (Å²) in [5.74, 6) is 0.300. The minimum absolute atomic E-state index is 0.0609. The summed E-state index contributed by atoms with van der Waals surface area (Å²) >= 11 is 1.33. The minimum Gasteiger partial charge on any atom is -0.465 e. The first-order valence-corrected chi connectivity index (χ1v) is 9.51. The van der Waals surface area contributed by atoms with Crippen molar-refractivity contribution in [3.05, 3.63) is 29.9 Å². The van der Waals surface area contributed by atoms with Gasteiger partial charge in [0, 0.05) is 23.5 Å². The number of ether oxygens (including phenoxy) is 1. The Kier molecular flexibility index (Phi) is 5.77. The number of aromatic nitrogens is 2. The zero-order chi connectivity index (χ0) is 18.7. The zero-order valence-corrected chi connectivity index (χ0v) is 15.3. The Morgan fingerprint density at radius 2 is 2.19 bits per heavy atom. The third kappa shape index (κ3) is 4.16. The molecule has 0 radical (unpaired) electrons. The summed E-state index contributed by atoms with van der Waals surface area (Å²) in [6, 6.07) is 4.81. The van der Waals surface area contributed by atoms with Crippen molar-refractivity contribution < 1.29 is 23.6 Å². The van der Waals surface area contributed by atoms with Crippen LogP contribution in [-0.4, -0.2) is 51.7 Å². The molecule has 0 unspecified atom stereocenters. The molecule has 1 N–H and O–H groups in total. The van der Waals surface area contributed by atoms with Crippen LogP contribution in [0.15, 0.2) is 27.6 Å².